The maximum Gasteiger partial charge on any atom is 0.267 e. The Balaban J connectivity index is 2.28. The van der Waals surface area contributed by atoms with Crippen molar-refractivity contribution < 1.29 is 4.79 Å². The summed E-state index contributed by atoms with van der Waals surface area (Å²) in [5.74, 6) is -0.0760. The van der Waals surface area contributed by atoms with E-state index in [0.29, 0.717) is 5.92 Å². The first-order valence-corrected chi connectivity index (χ1v) is 9.25. The van der Waals surface area contributed by atoms with Crippen LogP contribution < -0.4 is 10.6 Å². The lowest BCUT2D eigenvalue weighted by molar-refractivity contribution is -0.112. The third kappa shape index (κ3) is 4.77. The quantitative estimate of drug-likeness (QED) is 0.531. The number of carbonyl (C=O) groups excluding carboxylic acids is 1. The largest absolute Gasteiger partial charge is 0.360 e. The summed E-state index contributed by atoms with van der Waals surface area (Å²) in [6.45, 7) is 10.2. The highest BCUT2D eigenvalue weighted by Gasteiger charge is 2.14. The molecule has 0 saturated heterocycles. The standard InChI is InChI=1S/C23H27N3O/c1-6-18-11-7-9-16(4)21(18)26-23(27)19(13-24)14-25-22-17(5)10-8-12-20(22)15(2)3/h7-12,14-15,25H,6H2,1-5H3,(H,26,27)/b19-14-. The number of hydrogen-bond acceptors (Lipinski definition) is 3. The summed E-state index contributed by atoms with van der Waals surface area (Å²) < 4.78 is 0. The van der Waals surface area contributed by atoms with Crippen molar-refractivity contribution >= 4 is 17.3 Å². The zero-order chi connectivity index (χ0) is 20.0. The fourth-order valence-corrected chi connectivity index (χ4v) is 3.04. The Labute approximate surface area is 161 Å². The third-order valence-electron chi connectivity index (χ3n) is 4.63. The molecular formula is C23H27N3O. The number of amides is 1. The molecule has 0 aliphatic rings. The average Bonchev–Trinajstić information content (AvgIpc) is 2.64. The van der Waals surface area contributed by atoms with Crippen molar-refractivity contribution in [1.29, 1.82) is 5.26 Å². The second-order valence-corrected chi connectivity index (χ2v) is 6.92. The van der Waals surface area contributed by atoms with Crippen LogP contribution in [0.2, 0.25) is 0 Å². The minimum atomic E-state index is -0.409. The van der Waals surface area contributed by atoms with Crippen LogP contribution in [0.15, 0.2) is 48.2 Å². The summed E-state index contributed by atoms with van der Waals surface area (Å²) >= 11 is 0. The summed E-state index contributed by atoms with van der Waals surface area (Å²) in [6.07, 6.45) is 2.30. The van der Waals surface area contributed by atoms with Gasteiger partial charge in [-0.2, -0.15) is 5.26 Å². The molecule has 0 aliphatic carbocycles. The normalized spacial score (nSPS) is 11.2. The number of nitrogens with zero attached hydrogens (tertiary/aromatic N) is 1. The molecule has 0 unspecified atom stereocenters. The molecule has 0 bridgehead atoms. The molecule has 0 aliphatic heterocycles. The summed E-state index contributed by atoms with van der Waals surface area (Å²) in [4.78, 5) is 12.6. The SMILES string of the molecule is CCc1cccc(C)c1NC(=O)/C(C#N)=C\Nc1c(C)cccc1C(C)C. The molecule has 140 valence electrons. The van der Waals surface area contributed by atoms with E-state index < -0.39 is 5.91 Å². The maximum absolute atomic E-state index is 12.6. The minimum absolute atomic E-state index is 0.0401. The van der Waals surface area contributed by atoms with E-state index in [1.807, 2.05) is 57.2 Å². The molecule has 4 nitrogen and oxygen atoms in total. The Bertz CT molecular complexity index is 904. The van der Waals surface area contributed by atoms with Crippen molar-refractivity contribution in [3.63, 3.8) is 0 Å². The molecule has 2 aromatic rings. The molecule has 1 amide bonds. The number of nitrogens with one attached hydrogen (secondary N) is 2. The fourth-order valence-electron chi connectivity index (χ4n) is 3.04. The third-order valence-corrected chi connectivity index (χ3v) is 4.63. The summed E-state index contributed by atoms with van der Waals surface area (Å²) in [5, 5.41) is 15.6. The Hall–Kier alpha value is -3.06. The molecule has 0 saturated carbocycles. The Morgan fingerprint density at radius 1 is 1.11 bits per heavy atom. The zero-order valence-electron chi connectivity index (χ0n) is 16.7. The molecule has 27 heavy (non-hydrogen) atoms. The van der Waals surface area contributed by atoms with Crippen LogP contribution in [0.5, 0.6) is 0 Å². The highest BCUT2D eigenvalue weighted by molar-refractivity contribution is 6.07. The van der Waals surface area contributed by atoms with Crippen molar-refractivity contribution in [3.05, 3.63) is 70.4 Å². The molecule has 4 heteroatoms. The van der Waals surface area contributed by atoms with Gasteiger partial charge in [0.25, 0.3) is 5.91 Å². The predicted octanol–water partition coefficient (Wildman–Crippen LogP) is 5.45. The van der Waals surface area contributed by atoms with E-state index in [1.165, 1.54) is 6.20 Å². The number of carbonyl (C=O) groups is 1. The van der Waals surface area contributed by atoms with Gasteiger partial charge in [0.2, 0.25) is 0 Å². The molecule has 0 atom stereocenters. The smallest absolute Gasteiger partial charge is 0.267 e. The average molecular weight is 361 g/mol. The molecule has 0 fully saturated rings. The number of anilines is 2. The second-order valence-electron chi connectivity index (χ2n) is 6.92. The van der Waals surface area contributed by atoms with Gasteiger partial charge in [-0.3, -0.25) is 4.79 Å². The van der Waals surface area contributed by atoms with Gasteiger partial charge in [0.05, 0.1) is 0 Å². The number of nitriles is 1. The van der Waals surface area contributed by atoms with Crippen LogP contribution >= 0.6 is 0 Å². The van der Waals surface area contributed by atoms with Gasteiger partial charge >= 0.3 is 0 Å². The first kappa shape index (κ1) is 20.3. The molecular weight excluding hydrogens is 334 g/mol. The first-order chi connectivity index (χ1) is 12.9. The topological polar surface area (TPSA) is 64.9 Å². The van der Waals surface area contributed by atoms with Crippen molar-refractivity contribution in [3.8, 4) is 6.07 Å². The molecule has 2 rings (SSSR count). The lowest BCUT2D eigenvalue weighted by Gasteiger charge is -2.16. The molecule has 0 aromatic heterocycles. The van der Waals surface area contributed by atoms with E-state index in [0.717, 1.165) is 40.0 Å². The van der Waals surface area contributed by atoms with Crippen LogP contribution in [0, 0.1) is 25.2 Å². The van der Waals surface area contributed by atoms with E-state index in [4.69, 9.17) is 0 Å². The summed E-state index contributed by atoms with van der Waals surface area (Å²) in [6, 6.07) is 14.0. The monoisotopic (exact) mass is 361 g/mol. The maximum atomic E-state index is 12.6. The zero-order valence-corrected chi connectivity index (χ0v) is 16.7. The van der Waals surface area contributed by atoms with Gasteiger partial charge < -0.3 is 10.6 Å². The molecule has 2 aromatic carbocycles. The minimum Gasteiger partial charge on any atom is -0.360 e. The van der Waals surface area contributed by atoms with E-state index >= 15 is 0 Å². The molecule has 0 radical (unpaired) electrons. The van der Waals surface area contributed by atoms with Crippen molar-refractivity contribution in [2.45, 2.75) is 47.0 Å². The van der Waals surface area contributed by atoms with Gasteiger partial charge in [0.15, 0.2) is 0 Å². The molecule has 0 spiro atoms. The molecule has 0 heterocycles. The van der Waals surface area contributed by atoms with Crippen molar-refractivity contribution in [2.24, 2.45) is 0 Å². The van der Waals surface area contributed by atoms with Crippen LogP contribution in [-0.4, -0.2) is 5.91 Å². The van der Waals surface area contributed by atoms with Gasteiger partial charge in [-0.05, 0) is 48.4 Å². The van der Waals surface area contributed by atoms with Crippen LogP contribution in [0.1, 0.15) is 48.9 Å². The number of aryl methyl sites for hydroxylation is 3. The number of para-hydroxylation sites is 2. The highest BCUT2D eigenvalue weighted by Crippen LogP contribution is 2.27. The van der Waals surface area contributed by atoms with Crippen LogP contribution in [-0.2, 0) is 11.2 Å². The Morgan fingerprint density at radius 2 is 1.74 bits per heavy atom. The van der Waals surface area contributed by atoms with Gasteiger partial charge in [0, 0.05) is 17.6 Å². The number of rotatable bonds is 6. The summed E-state index contributed by atoms with van der Waals surface area (Å²) in [7, 11) is 0. The highest BCUT2D eigenvalue weighted by atomic mass is 16.1. The van der Waals surface area contributed by atoms with Gasteiger partial charge in [-0.1, -0.05) is 57.2 Å². The fraction of sp³-hybridized carbons (Fsp3) is 0.304. The lowest BCUT2D eigenvalue weighted by atomic mass is 9.98. The van der Waals surface area contributed by atoms with Crippen LogP contribution in [0.25, 0.3) is 0 Å². The van der Waals surface area contributed by atoms with E-state index in [9.17, 15) is 10.1 Å². The Morgan fingerprint density at radius 3 is 2.33 bits per heavy atom. The second kappa shape index (κ2) is 9.05. The number of hydrogen-bond donors (Lipinski definition) is 2. The van der Waals surface area contributed by atoms with E-state index in [1.54, 1.807) is 0 Å². The molecule has 2 N–H and O–H groups in total. The predicted molar refractivity (Wildman–Crippen MR) is 112 cm³/mol. The van der Waals surface area contributed by atoms with Gasteiger partial charge in [-0.15, -0.1) is 0 Å². The van der Waals surface area contributed by atoms with E-state index in [2.05, 4.69) is 30.5 Å². The van der Waals surface area contributed by atoms with Crippen LogP contribution in [0.4, 0.5) is 11.4 Å². The first-order valence-electron chi connectivity index (χ1n) is 9.25. The van der Waals surface area contributed by atoms with Crippen molar-refractivity contribution in [1.82, 2.24) is 0 Å². The van der Waals surface area contributed by atoms with Crippen LogP contribution in [0.3, 0.4) is 0 Å². The van der Waals surface area contributed by atoms with Gasteiger partial charge in [0.1, 0.15) is 11.6 Å². The Kier molecular flexibility index (Phi) is 6.79. The lowest BCUT2D eigenvalue weighted by Crippen LogP contribution is -2.16. The summed E-state index contributed by atoms with van der Waals surface area (Å²) in [5.41, 5.74) is 6.02. The van der Waals surface area contributed by atoms with Crippen molar-refractivity contribution in [2.75, 3.05) is 10.6 Å². The van der Waals surface area contributed by atoms with Gasteiger partial charge in [-0.25, -0.2) is 0 Å². The van der Waals surface area contributed by atoms with E-state index in [-0.39, 0.29) is 5.57 Å². The number of benzene rings is 2.